The highest BCUT2D eigenvalue weighted by Crippen LogP contribution is 2.26. The number of aryl methyl sites for hydroxylation is 3. The second-order valence-corrected chi connectivity index (χ2v) is 10.8. The van der Waals surface area contributed by atoms with Crippen molar-refractivity contribution in [2.45, 2.75) is 129 Å². The van der Waals surface area contributed by atoms with Crippen LogP contribution in [0.5, 0.6) is 0 Å². The zero-order valence-corrected chi connectivity index (χ0v) is 23.5. The number of imidazole rings is 1. The van der Waals surface area contributed by atoms with Gasteiger partial charge in [-0.3, -0.25) is 4.79 Å². The van der Waals surface area contributed by atoms with Crippen LogP contribution in [0.2, 0.25) is 0 Å². The van der Waals surface area contributed by atoms with Gasteiger partial charge in [0.2, 0.25) is 5.91 Å². The Morgan fingerprint density at radius 1 is 1.00 bits per heavy atom. The summed E-state index contributed by atoms with van der Waals surface area (Å²) in [5.74, 6) is 2.00. The fraction of sp³-hybridized carbons (Fsp3) is 0.733. The van der Waals surface area contributed by atoms with Gasteiger partial charge in [0.05, 0.1) is 6.33 Å². The van der Waals surface area contributed by atoms with Gasteiger partial charge in [-0.1, -0.05) is 71.1 Å². The van der Waals surface area contributed by atoms with Gasteiger partial charge in [-0.15, -0.1) is 0 Å². The highest BCUT2D eigenvalue weighted by atomic mass is 16.1. The van der Waals surface area contributed by atoms with Crippen LogP contribution in [0.1, 0.15) is 115 Å². The Hall–Kier alpha value is -2.44. The zero-order valence-electron chi connectivity index (χ0n) is 23.5. The Balaban J connectivity index is 1.35. The Morgan fingerprint density at radius 2 is 1.73 bits per heavy atom. The van der Waals surface area contributed by atoms with E-state index in [0.717, 1.165) is 62.7 Å². The summed E-state index contributed by atoms with van der Waals surface area (Å²) in [6, 6.07) is 2.28. The highest BCUT2D eigenvalue weighted by molar-refractivity contribution is 5.77. The molecule has 0 saturated carbocycles. The fourth-order valence-corrected chi connectivity index (χ4v) is 5.34. The topological polar surface area (TPSA) is 75.9 Å². The lowest BCUT2D eigenvalue weighted by atomic mass is 9.99. The molecule has 1 aliphatic heterocycles. The van der Waals surface area contributed by atoms with Crippen molar-refractivity contribution in [3.8, 4) is 0 Å². The first-order valence-electron chi connectivity index (χ1n) is 15.0. The van der Waals surface area contributed by atoms with E-state index in [0.29, 0.717) is 6.42 Å². The van der Waals surface area contributed by atoms with E-state index in [4.69, 9.17) is 4.98 Å². The van der Waals surface area contributed by atoms with Gasteiger partial charge in [-0.25, -0.2) is 15.0 Å². The number of hydrogen-bond acceptors (Lipinski definition) is 5. The summed E-state index contributed by atoms with van der Waals surface area (Å²) in [5.41, 5.74) is 0.982. The van der Waals surface area contributed by atoms with E-state index in [1.165, 1.54) is 70.6 Å². The van der Waals surface area contributed by atoms with E-state index in [1.807, 2.05) is 19.4 Å². The second-order valence-electron chi connectivity index (χ2n) is 10.8. The van der Waals surface area contributed by atoms with Crippen molar-refractivity contribution in [2.75, 3.05) is 18.0 Å². The number of unbranched alkanes of at least 4 members (excludes halogenated alkanes) is 10. The number of carbonyl (C=O) groups is 1. The third-order valence-electron chi connectivity index (χ3n) is 7.48. The number of rotatable bonds is 18. The van der Waals surface area contributed by atoms with Crippen LogP contribution in [-0.4, -0.2) is 44.6 Å². The summed E-state index contributed by atoms with van der Waals surface area (Å²) < 4.78 is 2.05. The van der Waals surface area contributed by atoms with Crippen LogP contribution in [0.15, 0.2) is 24.8 Å². The molecule has 2 aromatic heterocycles. The van der Waals surface area contributed by atoms with Crippen LogP contribution in [0.3, 0.4) is 0 Å². The predicted octanol–water partition coefficient (Wildman–Crippen LogP) is 6.40. The molecule has 1 amide bonds. The summed E-state index contributed by atoms with van der Waals surface area (Å²) in [5, 5.41) is 3.18. The zero-order chi connectivity index (χ0) is 26.1. The Kier molecular flexibility index (Phi) is 13.5. The molecule has 3 heterocycles. The Bertz CT molecular complexity index is 884. The normalized spacial score (nSPS) is 15.7. The van der Waals surface area contributed by atoms with E-state index in [1.54, 1.807) is 6.20 Å². The number of aromatic nitrogens is 4. The van der Waals surface area contributed by atoms with Gasteiger partial charge in [0.15, 0.2) is 0 Å². The van der Waals surface area contributed by atoms with Crippen molar-refractivity contribution in [1.82, 2.24) is 24.8 Å². The molecule has 1 unspecified atom stereocenters. The first-order chi connectivity index (χ1) is 18.2. The van der Waals surface area contributed by atoms with Gasteiger partial charge in [0.1, 0.15) is 11.6 Å². The number of carbonyl (C=O) groups excluding carboxylic acids is 1. The third kappa shape index (κ3) is 11.2. The lowest BCUT2D eigenvalue weighted by Crippen LogP contribution is -2.43. The second kappa shape index (κ2) is 17.1. The average Bonchev–Trinajstić information content (AvgIpc) is 3.42. The molecule has 0 radical (unpaired) electrons. The molecule has 7 heteroatoms. The third-order valence-corrected chi connectivity index (χ3v) is 7.48. The van der Waals surface area contributed by atoms with Crippen molar-refractivity contribution >= 4 is 11.7 Å². The largest absolute Gasteiger partial charge is 0.356 e. The number of piperidine rings is 1. The first-order valence-corrected chi connectivity index (χ1v) is 15.0. The van der Waals surface area contributed by atoms with E-state index in [2.05, 4.69) is 37.7 Å². The molecular formula is C30H50N6O. The summed E-state index contributed by atoms with van der Waals surface area (Å²) in [7, 11) is 0. The first kappa shape index (κ1) is 29.1. The maximum absolute atomic E-state index is 12.8. The maximum Gasteiger partial charge on any atom is 0.222 e. The minimum absolute atomic E-state index is 0.176. The van der Waals surface area contributed by atoms with Crippen LogP contribution in [0.25, 0.3) is 0 Å². The number of amides is 1. The van der Waals surface area contributed by atoms with Gasteiger partial charge in [0, 0.05) is 62.7 Å². The van der Waals surface area contributed by atoms with Crippen LogP contribution in [-0.2, 0) is 17.8 Å². The molecule has 1 N–H and O–H groups in total. The molecule has 0 spiro atoms. The minimum atomic E-state index is 0.176. The van der Waals surface area contributed by atoms with Crippen LogP contribution < -0.4 is 10.2 Å². The predicted molar refractivity (Wildman–Crippen MR) is 152 cm³/mol. The number of anilines is 1. The van der Waals surface area contributed by atoms with Crippen LogP contribution >= 0.6 is 0 Å². The average molecular weight is 511 g/mol. The van der Waals surface area contributed by atoms with Gasteiger partial charge in [-0.05, 0) is 32.6 Å². The van der Waals surface area contributed by atoms with E-state index >= 15 is 0 Å². The van der Waals surface area contributed by atoms with E-state index in [-0.39, 0.29) is 11.9 Å². The smallest absolute Gasteiger partial charge is 0.222 e. The van der Waals surface area contributed by atoms with Crippen molar-refractivity contribution < 1.29 is 4.79 Å². The summed E-state index contributed by atoms with van der Waals surface area (Å²) in [4.78, 5) is 28.8. The molecule has 3 rings (SSSR count). The lowest BCUT2D eigenvalue weighted by molar-refractivity contribution is -0.121. The summed E-state index contributed by atoms with van der Waals surface area (Å²) >= 11 is 0. The molecule has 1 fully saturated rings. The molecule has 0 aliphatic carbocycles. The van der Waals surface area contributed by atoms with Gasteiger partial charge in [0.25, 0.3) is 0 Å². The minimum Gasteiger partial charge on any atom is -0.356 e. The molecule has 37 heavy (non-hydrogen) atoms. The molecular weight excluding hydrogens is 460 g/mol. The van der Waals surface area contributed by atoms with Crippen molar-refractivity contribution in [2.24, 2.45) is 0 Å². The van der Waals surface area contributed by atoms with Gasteiger partial charge < -0.3 is 14.8 Å². The Labute approximate surface area is 224 Å². The molecule has 1 atom stereocenters. The number of hydrogen-bond donors (Lipinski definition) is 1. The molecule has 206 valence electrons. The van der Waals surface area contributed by atoms with Crippen molar-refractivity contribution in [3.05, 3.63) is 36.3 Å². The SMILES string of the molecule is CCCCCCCCCCCCCNC(=O)CC1CCCCN1c1cc(C)nc(CCn2ccnc2)n1. The van der Waals surface area contributed by atoms with Crippen molar-refractivity contribution in [3.63, 3.8) is 0 Å². The van der Waals surface area contributed by atoms with Crippen LogP contribution in [0, 0.1) is 6.92 Å². The molecule has 1 saturated heterocycles. The quantitative estimate of drug-likeness (QED) is 0.235. The standard InChI is InChI=1S/C30H50N6O/c1-3-4-5-6-7-8-9-10-11-12-14-18-32-30(37)24-27-16-13-15-20-36(27)29-23-26(2)33-28(34-29)17-21-35-22-19-31-25-35/h19,22-23,25,27H,3-18,20-21,24H2,1-2H3,(H,32,37). The molecule has 7 nitrogen and oxygen atoms in total. The van der Waals surface area contributed by atoms with E-state index in [9.17, 15) is 4.79 Å². The van der Waals surface area contributed by atoms with Gasteiger partial charge >= 0.3 is 0 Å². The molecule has 0 aromatic carbocycles. The number of nitrogens with zero attached hydrogens (tertiary/aromatic N) is 5. The van der Waals surface area contributed by atoms with Crippen molar-refractivity contribution in [1.29, 1.82) is 0 Å². The molecule has 2 aromatic rings. The van der Waals surface area contributed by atoms with Gasteiger partial charge in [-0.2, -0.15) is 0 Å². The van der Waals surface area contributed by atoms with Crippen LogP contribution in [0.4, 0.5) is 5.82 Å². The monoisotopic (exact) mass is 510 g/mol. The number of nitrogens with one attached hydrogen (secondary N) is 1. The highest BCUT2D eigenvalue weighted by Gasteiger charge is 2.26. The summed E-state index contributed by atoms with van der Waals surface area (Å²) in [6.45, 7) is 6.87. The summed E-state index contributed by atoms with van der Waals surface area (Å²) in [6.07, 6.45) is 24.9. The fourth-order valence-electron chi connectivity index (χ4n) is 5.34. The van der Waals surface area contributed by atoms with E-state index < -0.39 is 0 Å². The molecule has 1 aliphatic rings. The molecule has 0 bridgehead atoms. The lowest BCUT2D eigenvalue weighted by Gasteiger charge is -2.36. The Morgan fingerprint density at radius 3 is 2.43 bits per heavy atom. The maximum atomic E-state index is 12.8.